The molecule has 28 heavy (non-hydrogen) atoms. The summed E-state index contributed by atoms with van der Waals surface area (Å²) in [5.74, 6) is 0.786. The molecule has 0 fully saturated rings. The van der Waals surface area contributed by atoms with Crippen molar-refractivity contribution in [2.75, 3.05) is 5.32 Å². The van der Waals surface area contributed by atoms with Gasteiger partial charge in [-0.25, -0.2) is 0 Å². The zero-order valence-corrected chi connectivity index (χ0v) is 17.6. The lowest BCUT2D eigenvalue weighted by Gasteiger charge is -2.13. The Labute approximate surface area is 170 Å². The number of aryl methyl sites for hydroxylation is 2. The molecule has 146 valence electrons. The summed E-state index contributed by atoms with van der Waals surface area (Å²) in [5.41, 5.74) is 4.28. The summed E-state index contributed by atoms with van der Waals surface area (Å²) in [4.78, 5) is 12.6. The van der Waals surface area contributed by atoms with Crippen molar-refractivity contribution in [3.05, 3.63) is 59.7 Å². The molecule has 0 radical (unpaired) electrons. The van der Waals surface area contributed by atoms with Gasteiger partial charge in [0.2, 0.25) is 5.91 Å². The van der Waals surface area contributed by atoms with Crippen LogP contribution in [0.25, 0.3) is 11.4 Å². The van der Waals surface area contributed by atoms with Crippen LogP contribution in [-0.2, 0) is 17.8 Å². The molecule has 0 bridgehead atoms. The number of amides is 1. The van der Waals surface area contributed by atoms with E-state index in [-0.39, 0.29) is 11.2 Å². The molecule has 6 heteroatoms. The molecule has 3 rings (SSSR count). The van der Waals surface area contributed by atoms with Crippen molar-refractivity contribution in [3.63, 3.8) is 0 Å². The lowest BCUT2D eigenvalue weighted by Crippen LogP contribution is -2.23. The number of rotatable bonds is 7. The smallest absolute Gasteiger partial charge is 0.237 e. The van der Waals surface area contributed by atoms with Gasteiger partial charge in [0, 0.05) is 17.8 Å². The zero-order valence-electron chi connectivity index (χ0n) is 16.8. The number of hydrogen-bond acceptors (Lipinski definition) is 4. The van der Waals surface area contributed by atoms with Gasteiger partial charge in [-0.2, -0.15) is 0 Å². The molecule has 0 aliphatic rings. The van der Waals surface area contributed by atoms with Crippen molar-refractivity contribution >= 4 is 23.4 Å². The van der Waals surface area contributed by atoms with Crippen molar-refractivity contribution in [1.29, 1.82) is 0 Å². The van der Waals surface area contributed by atoms with Crippen LogP contribution in [0.1, 0.15) is 31.9 Å². The van der Waals surface area contributed by atoms with Crippen LogP contribution in [0.3, 0.4) is 0 Å². The molecule has 0 saturated carbocycles. The maximum Gasteiger partial charge on any atom is 0.237 e. The minimum Gasteiger partial charge on any atom is -0.325 e. The molecule has 1 aromatic heterocycles. The third kappa shape index (κ3) is 4.62. The van der Waals surface area contributed by atoms with Crippen molar-refractivity contribution in [1.82, 2.24) is 14.8 Å². The monoisotopic (exact) mass is 394 g/mol. The van der Waals surface area contributed by atoms with E-state index >= 15 is 0 Å². The van der Waals surface area contributed by atoms with E-state index < -0.39 is 0 Å². The second-order valence-corrected chi connectivity index (χ2v) is 8.03. The topological polar surface area (TPSA) is 59.8 Å². The van der Waals surface area contributed by atoms with Gasteiger partial charge in [0.15, 0.2) is 11.0 Å². The maximum atomic E-state index is 12.6. The molecule has 1 amide bonds. The summed E-state index contributed by atoms with van der Waals surface area (Å²) in [6, 6.07) is 16.2. The van der Waals surface area contributed by atoms with Gasteiger partial charge in [-0.05, 0) is 51.0 Å². The van der Waals surface area contributed by atoms with E-state index in [1.165, 1.54) is 22.9 Å². The van der Waals surface area contributed by atoms with E-state index in [0.29, 0.717) is 0 Å². The van der Waals surface area contributed by atoms with Crippen LogP contribution >= 0.6 is 11.8 Å². The summed E-state index contributed by atoms with van der Waals surface area (Å²) in [7, 11) is 0. The number of nitrogens with one attached hydrogen (secondary N) is 1. The van der Waals surface area contributed by atoms with Crippen LogP contribution in [0.4, 0.5) is 5.69 Å². The summed E-state index contributed by atoms with van der Waals surface area (Å²) in [6.07, 6.45) is 0.983. The van der Waals surface area contributed by atoms with Crippen molar-refractivity contribution in [2.24, 2.45) is 0 Å². The number of aromatic nitrogens is 3. The first-order chi connectivity index (χ1) is 13.5. The molecule has 1 N–H and O–H groups in total. The minimum atomic E-state index is -0.286. The molecule has 0 spiro atoms. The van der Waals surface area contributed by atoms with Crippen LogP contribution in [0, 0.1) is 6.92 Å². The number of anilines is 1. The third-order valence-electron chi connectivity index (χ3n) is 4.59. The minimum absolute atomic E-state index is 0.0444. The average molecular weight is 395 g/mol. The summed E-state index contributed by atoms with van der Waals surface area (Å²) in [6.45, 7) is 8.87. The fourth-order valence-electron chi connectivity index (χ4n) is 2.94. The molecule has 1 heterocycles. The summed E-state index contributed by atoms with van der Waals surface area (Å²) < 4.78 is 2.05. The van der Waals surface area contributed by atoms with Gasteiger partial charge in [0.25, 0.3) is 0 Å². The van der Waals surface area contributed by atoms with Crippen LogP contribution in [-0.4, -0.2) is 25.9 Å². The number of hydrogen-bond donors (Lipinski definition) is 1. The predicted molar refractivity (Wildman–Crippen MR) is 116 cm³/mol. The Hall–Kier alpha value is -2.60. The van der Waals surface area contributed by atoms with E-state index in [9.17, 15) is 4.79 Å². The highest BCUT2D eigenvalue weighted by Gasteiger charge is 2.20. The van der Waals surface area contributed by atoms with E-state index in [2.05, 4.69) is 53.0 Å². The van der Waals surface area contributed by atoms with Crippen molar-refractivity contribution in [3.8, 4) is 11.4 Å². The Balaban J connectivity index is 1.72. The van der Waals surface area contributed by atoms with Gasteiger partial charge >= 0.3 is 0 Å². The summed E-state index contributed by atoms with van der Waals surface area (Å²) in [5, 5.41) is 12.2. The molecule has 1 atom stereocenters. The van der Waals surface area contributed by atoms with E-state index in [1.54, 1.807) is 0 Å². The molecule has 0 aliphatic heterocycles. The molecule has 0 saturated heterocycles. The van der Waals surface area contributed by atoms with Crippen LogP contribution < -0.4 is 5.32 Å². The number of carbonyl (C=O) groups excluding carboxylic acids is 1. The van der Waals surface area contributed by atoms with E-state index in [4.69, 9.17) is 0 Å². The highest BCUT2D eigenvalue weighted by Crippen LogP contribution is 2.27. The van der Waals surface area contributed by atoms with Crippen LogP contribution in [0.2, 0.25) is 0 Å². The lowest BCUT2D eigenvalue weighted by atomic mass is 10.1. The van der Waals surface area contributed by atoms with Gasteiger partial charge < -0.3 is 9.88 Å². The Morgan fingerprint density at radius 2 is 1.89 bits per heavy atom. The molecular formula is C22H26N4OS. The summed E-state index contributed by atoms with van der Waals surface area (Å²) >= 11 is 1.43. The first-order valence-electron chi connectivity index (χ1n) is 9.58. The maximum absolute atomic E-state index is 12.6. The molecule has 1 unspecified atom stereocenters. The molecule has 0 aliphatic carbocycles. The highest BCUT2D eigenvalue weighted by molar-refractivity contribution is 8.00. The van der Waals surface area contributed by atoms with E-state index in [1.807, 2.05) is 43.3 Å². The van der Waals surface area contributed by atoms with Gasteiger partial charge in [-0.1, -0.05) is 54.6 Å². The largest absolute Gasteiger partial charge is 0.325 e. The Morgan fingerprint density at radius 3 is 2.54 bits per heavy atom. The fourth-order valence-corrected chi connectivity index (χ4v) is 3.85. The highest BCUT2D eigenvalue weighted by atomic mass is 32.2. The Morgan fingerprint density at radius 1 is 1.14 bits per heavy atom. The van der Waals surface area contributed by atoms with Crippen LogP contribution in [0.15, 0.2) is 53.7 Å². The van der Waals surface area contributed by atoms with Crippen molar-refractivity contribution < 1.29 is 4.79 Å². The normalized spacial score (nSPS) is 12.0. The van der Waals surface area contributed by atoms with Gasteiger partial charge in [0.05, 0.1) is 5.25 Å². The number of thioether (sulfide) groups is 1. The van der Waals surface area contributed by atoms with Gasteiger partial charge in [-0.3, -0.25) is 4.79 Å². The van der Waals surface area contributed by atoms with Crippen molar-refractivity contribution in [2.45, 2.75) is 51.1 Å². The van der Waals surface area contributed by atoms with E-state index in [0.717, 1.165) is 35.2 Å². The Kier molecular flexibility index (Phi) is 6.52. The fraction of sp³-hybridized carbons (Fsp3) is 0.318. The molecular weight excluding hydrogens is 368 g/mol. The molecule has 2 aromatic carbocycles. The Bertz CT molecular complexity index is 949. The number of nitrogens with zero attached hydrogens (tertiary/aromatic N) is 3. The average Bonchev–Trinajstić information content (AvgIpc) is 3.11. The molecule has 3 aromatic rings. The first kappa shape index (κ1) is 20.1. The standard InChI is InChI=1S/C22H26N4OS/c1-5-17-10-12-19(13-11-17)23-21(27)16(4)28-22-25-24-20(26(22)6-2)18-9-7-8-15(3)14-18/h7-14,16H,5-6H2,1-4H3,(H,23,27). The van der Waals surface area contributed by atoms with Gasteiger partial charge in [-0.15, -0.1) is 10.2 Å². The molecule has 5 nitrogen and oxygen atoms in total. The van der Waals surface area contributed by atoms with Crippen LogP contribution in [0.5, 0.6) is 0 Å². The number of benzene rings is 2. The zero-order chi connectivity index (χ0) is 20.1. The second-order valence-electron chi connectivity index (χ2n) is 6.72. The van der Waals surface area contributed by atoms with Gasteiger partial charge in [0.1, 0.15) is 0 Å². The lowest BCUT2D eigenvalue weighted by molar-refractivity contribution is -0.115. The SMILES string of the molecule is CCc1ccc(NC(=O)C(C)Sc2nnc(-c3cccc(C)c3)n2CC)cc1. The predicted octanol–water partition coefficient (Wildman–Crippen LogP) is 4.96. The second kappa shape index (κ2) is 9.06. The number of carbonyl (C=O) groups is 1. The third-order valence-corrected chi connectivity index (χ3v) is 5.67. The quantitative estimate of drug-likeness (QED) is 0.576. The first-order valence-corrected chi connectivity index (χ1v) is 10.5.